The van der Waals surface area contributed by atoms with Crippen LogP contribution in [0.3, 0.4) is 0 Å². The number of nitrogens with one attached hydrogen (secondary N) is 2. The Hall–Kier alpha value is -2.68. The van der Waals surface area contributed by atoms with Gasteiger partial charge in [-0.3, -0.25) is 19.7 Å². The third-order valence-corrected chi connectivity index (χ3v) is 5.36. The second-order valence-electron chi connectivity index (χ2n) is 5.98. The number of carbonyl (C=O) groups excluding carboxylic acids is 2. The summed E-state index contributed by atoms with van der Waals surface area (Å²) in [5.41, 5.74) is 1.45. The Bertz CT molecular complexity index is 854. The molecule has 1 atom stereocenters. The number of furan rings is 1. The van der Waals surface area contributed by atoms with Crippen molar-refractivity contribution in [1.82, 2.24) is 5.32 Å². The molecule has 2 heterocycles. The molecule has 25 heavy (non-hydrogen) atoms. The lowest BCUT2D eigenvalue weighted by Gasteiger charge is -2.18. The molecule has 2 aromatic rings. The average molecular weight is 363 g/mol. The van der Waals surface area contributed by atoms with E-state index in [2.05, 4.69) is 17.6 Å². The molecular formula is C16H17N3O5S. The summed E-state index contributed by atoms with van der Waals surface area (Å²) in [6, 6.07) is 2.36. The number of anilines is 1. The van der Waals surface area contributed by atoms with E-state index in [1.807, 2.05) is 0 Å². The number of carbonyl (C=O) groups is 2. The maximum absolute atomic E-state index is 12.3. The number of thiophene rings is 1. The molecule has 1 aliphatic rings. The number of rotatable bonds is 4. The van der Waals surface area contributed by atoms with Gasteiger partial charge in [-0.1, -0.05) is 6.92 Å². The lowest BCUT2D eigenvalue weighted by atomic mass is 9.88. The van der Waals surface area contributed by atoms with Gasteiger partial charge in [0, 0.05) is 11.9 Å². The van der Waals surface area contributed by atoms with Crippen LogP contribution in [0.4, 0.5) is 10.9 Å². The van der Waals surface area contributed by atoms with E-state index in [1.54, 1.807) is 7.05 Å². The van der Waals surface area contributed by atoms with Gasteiger partial charge in [0.25, 0.3) is 11.8 Å². The van der Waals surface area contributed by atoms with Crippen LogP contribution < -0.4 is 10.6 Å². The first-order valence-electron chi connectivity index (χ1n) is 7.83. The number of nitro groups is 1. The Morgan fingerprint density at radius 3 is 2.76 bits per heavy atom. The third kappa shape index (κ3) is 3.27. The van der Waals surface area contributed by atoms with Gasteiger partial charge in [0.2, 0.25) is 0 Å². The maximum atomic E-state index is 12.3. The lowest BCUT2D eigenvalue weighted by Crippen LogP contribution is -2.22. The predicted octanol–water partition coefficient (Wildman–Crippen LogP) is 2.99. The monoisotopic (exact) mass is 363 g/mol. The summed E-state index contributed by atoms with van der Waals surface area (Å²) in [6.07, 6.45) is 2.65. The second kappa shape index (κ2) is 6.67. The van der Waals surface area contributed by atoms with Crippen LogP contribution in [0.2, 0.25) is 0 Å². The van der Waals surface area contributed by atoms with Crippen molar-refractivity contribution in [2.45, 2.75) is 26.2 Å². The van der Waals surface area contributed by atoms with Crippen LogP contribution in [0.25, 0.3) is 0 Å². The molecule has 0 saturated carbocycles. The average Bonchev–Trinajstić information content (AvgIpc) is 3.18. The molecule has 132 valence electrons. The summed E-state index contributed by atoms with van der Waals surface area (Å²) in [4.78, 5) is 35.7. The summed E-state index contributed by atoms with van der Waals surface area (Å²) in [5, 5.41) is 16.4. The van der Waals surface area contributed by atoms with E-state index in [1.165, 1.54) is 17.4 Å². The quantitative estimate of drug-likeness (QED) is 0.640. The summed E-state index contributed by atoms with van der Waals surface area (Å²) in [6.45, 7) is 2.16. The molecule has 8 nitrogen and oxygen atoms in total. The van der Waals surface area contributed by atoms with E-state index in [-0.39, 0.29) is 11.7 Å². The molecule has 2 N–H and O–H groups in total. The molecule has 0 fully saturated rings. The molecule has 1 aliphatic carbocycles. The highest BCUT2D eigenvalue weighted by atomic mass is 32.1. The topological polar surface area (TPSA) is 114 Å². The summed E-state index contributed by atoms with van der Waals surface area (Å²) < 4.78 is 4.92. The van der Waals surface area contributed by atoms with E-state index in [0.29, 0.717) is 16.5 Å². The molecular weight excluding hydrogens is 346 g/mol. The van der Waals surface area contributed by atoms with E-state index in [0.717, 1.165) is 35.8 Å². The van der Waals surface area contributed by atoms with Gasteiger partial charge >= 0.3 is 5.88 Å². The molecule has 0 aliphatic heterocycles. The van der Waals surface area contributed by atoms with Crippen molar-refractivity contribution in [3.05, 3.63) is 44.0 Å². The predicted molar refractivity (Wildman–Crippen MR) is 92.2 cm³/mol. The van der Waals surface area contributed by atoms with Crippen LogP contribution in [0, 0.1) is 16.0 Å². The SMILES string of the molecule is CNC(=O)c1c(NC(=O)c2ccc([N+](=O)[O-])o2)sc2c1CC[C@@H](C)C2. The molecule has 2 amide bonds. The van der Waals surface area contributed by atoms with Crippen molar-refractivity contribution >= 4 is 34.0 Å². The van der Waals surface area contributed by atoms with Gasteiger partial charge in [0.15, 0.2) is 5.76 Å². The van der Waals surface area contributed by atoms with E-state index in [9.17, 15) is 19.7 Å². The third-order valence-electron chi connectivity index (χ3n) is 4.19. The Balaban J connectivity index is 1.92. The van der Waals surface area contributed by atoms with Gasteiger partial charge in [-0.25, -0.2) is 0 Å². The lowest BCUT2D eigenvalue weighted by molar-refractivity contribution is -0.402. The van der Waals surface area contributed by atoms with Crippen molar-refractivity contribution in [3.8, 4) is 0 Å². The highest BCUT2D eigenvalue weighted by Gasteiger charge is 2.28. The molecule has 0 bridgehead atoms. The maximum Gasteiger partial charge on any atom is 0.433 e. The molecule has 0 saturated heterocycles. The highest BCUT2D eigenvalue weighted by molar-refractivity contribution is 7.17. The van der Waals surface area contributed by atoms with Crippen molar-refractivity contribution in [3.63, 3.8) is 0 Å². The van der Waals surface area contributed by atoms with Crippen LogP contribution in [-0.2, 0) is 12.8 Å². The molecule has 2 aromatic heterocycles. The second-order valence-corrected chi connectivity index (χ2v) is 7.09. The first kappa shape index (κ1) is 17.2. The number of hydrogen-bond donors (Lipinski definition) is 2. The van der Waals surface area contributed by atoms with Crippen LogP contribution in [0.15, 0.2) is 16.5 Å². The Labute approximate surface area is 147 Å². The fraction of sp³-hybridized carbons (Fsp3) is 0.375. The molecule has 3 rings (SSSR count). The summed E-state index contributed by atoms with van der Waals surface area (Å²) >= 11 is 1.38. The van der Waals surface area contributed by atoms with E-state index >= 15 is 0 Å². The summed E-state index contributed by atoms with van der Waals surface area (Å²) in [7, 11) is 1.54. The zero-order valence-electron chi connectivity index (χ0n) is 13.8. The zero-order chi connectivity index (χ0) is 18.1. The standard InChI is InChI=1S/C16H17N3O5S/c1-8-3-4-9-11(7-8)25-16(13(9)15(21)17-2)18-14(20)10-5-6-12(24-10)19(22)23/h5-6,8H,3-4,7H2,1-2H3,(H,17,21)(H,18,20)/t8-/m1/s1. The van der Waals surface area contributed by atoms with Crippen LogP contribution in [-0.4, -0.2) is 23.8 Å². The zero-order valence-corrected chi connectivity index (χ0v) is 14.6. The van der Waals surface area contributed by atoms with Crippen molar-refractivity contribution < 1.29 is 18.9 Å². The number of nitrogens with zero attached hydrogens (tertiary/aromatic N) is 1. The van der Waals surface area contributed by atoms with Gasteiger partial charge in [-0.05, 0) is 36.8 Å². The number of amides is 2. The molecule has 0 unspecified atom stereocenters. The molecule has 0 radical (unpaired) electrons. The van der Waals surface area contributed by atoms with Gasteiger partial charge in [-0.15, -0.1) is 11.3 Å². The Morgan fingerprint density at radius 1 is 1.36 bits per heavy atom. The fourth-order valence-corrected chi connectivity index (χ4v) is 4.32. The van der Waals surface area contributed by atoms with Gasteiger partial charge in [0.05, 0.1) is 11.6 Å². The normalized spacial score (nSPS) is 16.2. The van der Waals surface area contributed by atoms with Crippen molar-refractivity contribution in [2.75, 3.05) is 12.4 Å². The fourth-order valence-electron chi connectivity index (χ4n) is 2.92. The van der Waals surface area contributed by atoms with Crippen molar-refractivity contribution in [1.29, 1.82) is 0 Å². The first-order valence-corrected chi connectivity index (χ1v) is 8.64. The Morgan fingerprint density at radius 2 is 2.12 bits per heavy atom. The minimum atomic E-state index is -0.710. The first-order chi connectivity index (χ1) is 11.9. The minimum absolute atomic E-state index is 0.172. The van der Waals surface area contributed by atoms with Crippen LogP contribution >= 0.6 is 11.3 Å². The summed E-state index contributed by atoms with van der Waals surface area (Å²) in [5.74, 6) is -1.03. The number of hydrogen-bond acceptors (Lipinski definition) is 6. The van der Waals surface area contributed by atoms with Crippen molar-refractivity contribution in [2.24, 2.45) is 5.92 Å². The molecule has 9 heteroatoms. The van der Waals surface area contributed by atoms with E-state index < -0.39 is 16.7 Å². The van der Waals surface area contributed by atoms with E-state index in [4.69, 9.17) is 4.42 Å². The molecule has 0 aromatic carbocycles. The van der Waals surface area contributed by atoms with Gasteiger partial charge < -0.3 is 15.1 Å². The largest absolute Gasteiger partial charge is 0.433 e. The Kier molecular flexibility index (Phi) is 4.58. The molecule has 0 spiro atoms. The number of fused-ring (bicyclic) bond motifs is 1. The van der Waals surface area contributed by atoms with Crippen LogP contribution in [0.1, 0.15) is 44.7 Å². The van der Waals surface area contributed by atoms with Crippen LogP contribution in [0.5, 0.6) is 0 Å². The minimum Gasteiger partial charge on any atom is -0.395 e. The van der Waals surface area contributed by atoms with Gasteiger partial charge in [0.1, 0.15) is 9.92 Å². The highest BCUT2D eigenvalue weighted by Crippen LogP contribution is 2.39. The smallest absolute Gasteiger partial charge is 0.395 e. The van der Waals surface area contributed by atoms with Gasteiger partial charge in [-0.2, -0.15) is 0 Å².